The normalized spacial score (nSPS) is 12.6. The second kappa shape index (κ2) is 10.1. The van der Waals surface area contributed by atoms with Crippen molar-refractivity contribution in [3.8, 4) is 28.1 Å². The van der Waals surface area contributed by atoms with Crippen LogP contribution in [0.25, 0.3) is 102 Å². The lowest BCUT2D eigenvalue weighted by atomic mass is 9.92. The third-order valence-corrected chi connectivity index (χ3v) is 12.4. The number of benzene rings is 8. The molecule has 0 bridgehead atoms. The molecule has 0 saturated heterocycles. The first kappa shape index (κ1) is 27.5. The Balaban J connectivity index is 1.07. The zero-order valence-corrected chi connectivity index (χ0v) is 28.3. The van der Waals surface area contributed by atoms with Gasteiger partial charge in [-0.1, -0.05) is 121 Å². The van der Waals surface area contributed by atoms with Crippen molar-refractivity contribution in [2.75, 3.05) is 0 Å². The summed E-state index contributed by atoms with van der Waals surface area (Å²) < 4.78 is 4.91. The SMILES string of the molecule is c1ccc2c(c1)Cc1c-2ccc2c3ccccc3n(-c3cc4c(cn3)sc3ccc(-c5ccc6c7ccccc7c7ccccc7c6c5)cc34)c12. The summed E-state index contributed by atoms with van der Waals surface area (Å²) in [4.78, 5) is 5.16. The second-order valence-corrected chi connectivity index (χ2v) is 15.0. The Morgan fingerprint density at radius 1 is 0.451 bits per heavy atom. The van der Waals surface area contributed by atoms with E-state index in [0.29, 0.717) is 0 Å². The molecule has 1 aliphatic rings. The molecule has 0 aliphatic heterocycles. The number of para-hydroxylation sites is 1. The minimum Gasteiger partial charge on any atom is -0.293 e. The molecule has 51 heavy (non-hydrogen) atoms. The van der Waals surface area contributed by atoms with Crippen LogP contribution in [0.1, 0.15) is 11.1 Å². The third kappa shape index (κ3) is 3.79. The zero-order chi connectivity index (χ0) is 33.2. The van der Waals surface area contributed by atoms with Gasteiger partial charge < -0.3 is 0 Å². The molecule has 11 aromatic rings. The highest BCUT2D eigenvalue weighted by Gasteiger charge is 2.25. The van der Waals surface area contributed by atoms with Crippen molar-refractivity contribution in [1.82, 2.24) is 9.55 Å². The average molecular weight is 665 g/mol. The van der Waals surface area contributed by atoms with Crippen molar-refractivity contribution in [2.45, 2.75) is 6.42 Å². The second-order valence-electron chi connectivity index (χ2n) is 13.9. The van der Waals surface area contributed by atoms with Crippen molar-refractivity contribution in [3.05, 3.63) is 169 Å². The Labute approximate surface area is 297 Å². The number of nitrogens with zero attached hydrogens (tertiary/aromatic N) is 2. The molecule has 0 spiro atoms. The number of hydrogen-bond donors (Lipinski definition) is 0. The van der Waals surface area contributed by atoms with E-state index in [9.17, 15) is 0 Å². The Hall–Kier alpha value is -6.29. The molecule has 3 heterocycles. The average Bonchev–Trinajstić information content (AvgIpc) is 3.87. The molecule has 0 fully saturated rings. The van der Waals surface area contributed by atoms with E-state index in [0.717, 1.165) is 12.2 Å². The van der Waals surface area contributed by atoms with Crippen LogP contribution in [-0.2, 0) is 6.42 Å². The number of thiophene rings is 1. The molecule has 2 nitrogen and oxygen atoms in total. The summed E-state index contributed by atoms with van der Waals surface area (Å²) in [5, 5.41) is 12.9. The van der Waals surface area contributed by atoms with Crippen LogP contribution in [0.3, 0.4) is 0 Å². The van der Waals surface area contributed by atoms with Crippen LogP contribution in [0.5, 0.6) is 0 Å². The first-order chi connectivity index (χ1) is 25.3. The predicted octanol–water partition coefficient (Wildman–Crippen LogP) is 13.2. The highest BCUT2D eigenvalue weighted by molar-refractivity contribution is 7.25. The van der Waals surface area contributed by atoms with Crippen molar-refractivity contribution in [1.29, 1.82) is 0 Å². The summed E-state index contributed by atoms with van der Waals surface area (Å²) >= 11 is 1.82. The fraction of sp³-hybridized carbons (Fsp3) is 0.0208. The van der Waals surface area contributed by atoms with E-state index in [1.165, 1.54) is 108 Å². The van der Waals surface area contributed by atoms with E-state index in [2.05, 4.69) is 162 Å². The van der Waals surface area contributed by atoms with E-state index in [1.54, 1.807) is 0 Å². The van der Waals surface area contributed by atoms with Gasteiger partial charge >= 0.3 is 0 Å². The summed E-state index contributed by atoms with van der Waals surface area (Å²) in [6, 6.07) is 56.2. The van der Waals surface area contributed by atoms with Crippen LogP contribution in [0, 0.1) is 0 Å². The van der Waals surface area contributed by atoms with E-state index in [-0.39, 0.29) is 0 Å². The molecular weight excluding hydrogens is 637 g/mol. The fourth-order valence-electron chi connectivity index (χ4n) is 8.98. The van der Waals surface area contributed by atoms with E-state index in [4.69, 9.17) is 4.98 Å². The molecule has 0 amide bonds. The van der Waals surface area contributed by atoms with Crippen LogP contribution in [-0.4, -0.2) is 9.55 Å². The molecule has 1 aliphatic carbocycles. The largest absolute Gasteiger partial charge is 0.293 e. The summed E-state index contributed by atoms with van der Waals surface area (Å²) in [7, 11) is 0. The minimum absolute atomic E-state index is 0.934. The monoisotopic (exact) mass is 664 g/mol. The van der Waals surface area contributed by atoms with Crippen molar-refractivity contribution in [3.63, 3.8) is 0 Å². The lowest BCUT2D eigenvalue weighted by Gasteiger charge is -2.12. The highest BCUT2D eigenvalue weighted by atomic mass is 32.1. The molecule has 236 valence electrons. The Morgan fingerprint density at radius 3 is 1.86 bits per heavy atom. The Bertz CT molecular complexity index is 3250. The van der Waals surface area contributed by atoms with Gasteiger partial charge in [-0.3, -0.25) is 4.57 Å². The summed E-state index contributed by atoms with van der Waals surface area (Å²) in [5.41, 5.74) is 10.4. The Kier molecular flexibility index (Phi) is 5.47. The van der Waals surface area contributed by atoms with Crippen LogP contribution in [0.2, 0.25) is 0 Å². The summed E-state index contributed by atoms with van der Waals surface area (Å²) in [6.07, 6.45) is 3.02. The van der Waals surface area contributed by atoms with Crippen molar-refractivity contribution >= 4 is 85.6 Å². The number of rotatable bonds is 2. The van der Waals surface area contributed by atoms with Gasteiger partial charge in [0.15, 0.2) is 0 Å². The molecule has 0 radical (unpaired) electrons. The van der Waals surface area contributed by atoms with Crippen LogP contribution in [0.15, 0.2) is 158 Å². The maximum absolute atomic E-state index is 5.16. The summed E-state index contributed by atoms with van der Waals surface area (Å²) in [6.45, 7) is 0. The van der Waals surface area contributed by atoms with Gasteiger partial charge in [0.25, 0.3) is 0 Å². The molecule has 0 N–H and O–H groups in total. The fourth-order valence-corrected chi connectivity index (χ4v) is 10.0. The predicted molar refractivity (Wildman–Crippen MR) is 218 cm³/mol. The molecule has 3 aromatic heterocycles. The molecule has 0 atom stereocenters. The maximum Gasteiger partial charge on any atom is 0.138 e. The molecular formula is C48H28N2S. The smallest absolute Gasteiger partial charge is 0.138 e. The quantitative estimate of drug-likeness (QED) is 0.168. The van der Waals surface area contributed by atoms with Crippen LogP contribution >= 0.6 is 11.3 Å². The summed E-state index contributed by atoms with van der Waals surface area (Å²) in [5.74, 6) is 0.965. The van der Waals surface area contributed by atoms with Gasteiger partial charge in [-0.05, 0) is 96.0 Å². The van der Waals surface area contributed by atoms with Gasteiger partial charge in [-0.2, -0.15) is 0 Å². The van der Waals surface area contributed by atoms with Crippen LogP contribution in [0.4, 0.5) is 0 Å². The zero-order valence-electron chi connectivity index (χ0n) is 27.5. The standard InChI is InChI=1S/C48H28N2S/c1-2-10-31-30(9-1)25-43-36(31)20-21-39-38-15-7-8-16-44(38)50(48(39)43)47-26-42-41-24-29(18-22-45(41)51-46(42)27-49-47)28-17-19-37-34-13-4-3-11-32(34)33-12-5-6-14-35(33)40(37)23-28/h1-24,26-27H,25H2. The molecule has 12 rings (SSSR count). The van der Waals surface area contributed by atoms with Crippen molar-refractivity contribution in [2.24, 2.45) is 0 Å². The first-order valence-corrected chi connectivity index (χ1v) is 18.4. The molecule has 8 aromatic carbocycles. The number of aromatic nitrogens is 2. The lowest BCUT2D eigenvalue weighted by molar-refractivity contribution is 1.08. The van der Waals surface area contributed by atoms with Gasteiger partial charge in [0.1, 0.15) is 5.82 Å². The minimum atomic E-state index is 0.934. The number of hydrogen-bond acceptors (Lipinski definition) is 2. The van der Waals surface area contributed by atoms with E-state index < -0.39 is 0 Å². The number of fused-ring (bicyclic) bond motifs is 16. The highest BCUT2D eigenvalue weighted by Crippen LogP contribution is 2.45. The van der Waals surface area contributed by atoms with Gasteiger partial charge in [0, 0.05) is 38.9 Å². The van der Waals surface area contributed by atoms with E-state index >= 15 is 0 Å². The molecule has 0 unspecified atom stereocenters. The third-order valence-electron chi connectivity index (χ3n) is 11.3. The van der Waals surface area contributed by atoms with Gasteiger partial charge in [-0.15, -0.1) is 11.3 Å². The lowest BCUT2D eigenvalue weighted by Crippen LogP contribution is -1.99. The van der Waals surface area contributed by atoms with Gasteiger partial charge in [0.05, 0.1) is 15.7 Å². The first-order valence-electron chi connectivity index (χ1n) is 17.6. The van der Waals surface area contributed by atoms with E-state index in [1.807, 2.05) is 11.3 Å². The molecule has 3 heteroatoms. The topological polar surface area (TPSA) is 17.8 Å². The van der Waals surface area contributed by atoms with Gasteiger partial charge in [0.2, 0.25) is 0 Å². The van der Waals surface area contributed by atoms with Gasteiger partial charge in [-0.25, -0.2) is 4.98 Å². The molecule has 0 saturated carbocycles. The van der Waals surface area contributed by atoms with Crippen molar-refractivity contribution < 1.29 is 0 Å². The Morgan fingerprint density at radius 2 is 1.06 bits per heavy atom. The van der Waals surface area contributed by atoms with Crippen LogP contribution < -0.4 is 0 Å². The maximum atomic E-state index is 5.16. The number of pyridine rings is 1.